The van der Waals surface area contributed by atoms with Gasteiger partial charge in [-0.1, -0.05) is 0 Å². The molecule has 0 fully saturated rings. The van der Waals surface area contributed by atoms with Gasteiger partial charge in [0.2, 0.25) is 0 Å². The largest absolute Gasteiger partial charge is 0.492 e. The van der Waals surface area contributed by atoms with Crippen LogP contribution in [0.5, 0.6) is 5.75 Å². The third kappa shape index (κ3) is 5.95. The highest BCUT2D eigenvalue weighted by Gasteiger charge is 2.04. The van der Waals surface area contributed by atoms with Gasteiger partial charge >= 0.3 is 0 Å². The molecule has 0 aliphatic carbocycles. The van der Waals surface area contributed by atoms with Crippen LogP contribution in [0.25, 0.3) is 0 Å². The third-order valence-electron chi connectivity index (χ3n) is 2.52. The molecule has 0 unspecified atom stereocenters. The minimum Gasteiger partial charge on any atom is -0.492 e. The Bertz CT molecular complexity index is 319. The van der Waals surface area contributed by atoms with E-state index in [1.807, 2.05) is 4.90 Å². The second-order valence-electron chi connectivity index (χ2n) is 3.86. The quantitative estimate of drug-likeness (QED) is 0.720. The third-order valence-corrected chi connectivity index (χ3v) is 2.52. The molecule has 0 saturated heterocycles. The molecule has 0 aliphatic heterocycles. The van der Waals surface area contributed by atoms with Crippen LogP contribution in [0.1, 0.15) is 0 Å². The maximum absolute atomic E-state index is 12.7. The van der Waals surface area contributed by atoms with Crippen LogP contribution in [-0.4, -0.2) is 56.6 Å². The number of aliphatic hydroxyl groups excluding tert-OH is 1. The van der Waals surface area contributed by atoms with Gasteiger partial charge in [-0.25, -0.2) is 4.39 Å². The minimum atomic E-state index is -0.274. The lowest BCUT2D eigenvalue weighted by Gasteiger charge is -2.20. The number of aliphatic hydroxyl groups is 1. The van der Waals surface area contributed by atoms with E-state index in [0.717, 1.165) is 6.54 Å². The van der Waals surface area contributed by atoms with Crippen LogP contribution < -0.4 is 4.74 Å². The lowest BCUT2D eigenvalue weighted by molar-refractivity contribution is 0.118. The van der Waals surface area contributed by atoms with Crippen LogP contribution in [-0.2, 0) is 4.74 Å². The average molecular weight is 257 g/mol. The van der Waals surface area contributed by atoms with Gasteiger partial charge in [-0.2, -0.15) is 0 Å². The SMILES string of the molecule is COCCN(CCO)CCOc1ccc(F)cc1. The van der Waals surface area contributed by atoms with Crippen molar-refractivity contribution < 1.29 is 19.0 Å². The van der Waals surface area contributed by atoms with Crippen LogP contribution >= 0.6 is 0 Å². The highest BCUT2D eigenvalue weighted by molar-refractivity contribution is 5.21. The fourth-order valence-corrected chi connectivity index (χ4v) is 1.52. The first-order valence-electron chi connectivity index (χ1n) is 5.96. The van der Waals surface area contributed by atoms with E-state index in [0.29, 0.717) is 32.1 Å². The molecular weight excluding hydrogens is 237 g/mol. The Morgan fingerprint density at radius 1 is 1.11 bits per heavy atom. The van der Waals surface area contributed by atoms with Crippen molar-refractivity contribution in [3.8, 4) is 5.75 Å². The summed E-state index contributed by atoms with van der Waals surface area (Å²) in [6, 6.07) is 5.93. The molecule has 18 heavy (non-hydrogen) atoms. The number of hydrogen-bond donors (Lipinski definition) is 1. The second-order valence-corrected chi connectivity index (χ2v) is 3.86. The van der Waals surface area contributed by atoms with Gasteiger partial charge in [-0.15, -0.1) is 0 Å². The molecule has 0 bridgehead atoms. The summed E-state index contributed by atoms with van der Waals surface area (Å²) in [6.07, 6.45) is 0. The van der Waals surface area contributed by atoms with Crippen molar-refractivity contribution in [1.82, 2.24) is 4.90 Å². The van der Waals surface area contributed by atoms with Crippen LogP contribution in [0, 0.1) is 5.82 Å². The van der Waals surface area contributed by atoms with Gasteiger partial charge in [0.15, 0.2) is 0 Å². The molecule has 1 aromatic rings. The van der Waals surface area contributed by atoms with Crippen LogP contribution in [0.4, 0.5) is 4.39 Å². The normalized spacial score (nSPS) is 10.9. The first kappa shape index (κ1) is 14.9. The summed E-state index contributed by atoms with van der Waals surface area (Å²) in [4.78, 5) is 2.05. The van der Waals surface area contributed by atoms with Gasteiger partial charge in [0.05, 0.1) is 13.2 Å². The maximum Gasteiger partial charge on any atom is 0.123 e. The fourth-order valence-electron chi connectivity index (χ4n) is 1.52. The van der Waals surface area contributed by atoms with E-state index in [-0.39, 0.29) is 12.4 Å². The van der Waals surface area contributed by atoms with Gasteiger partial charge in [0.1, 0.15) is 18.2 Å². The molecule has 0 heterocycles. The monoisotopic (exact) mass is 257 g/mol. The van der Waals surface area contributed by atoms with Crippen molar-refractivity contribution in [1.29, 1.82) is 0 Å². The van der Waals surface area contributed by atoms with Crippen molar-refractivity contribution in [2.45, 2.75) is 0 Å². The van der Waals surface area contributed by atoms with Crippen LogP contribution in [0.2, 0.25) is 0 Å². The predicted molar refractivity (Wildman–Crippen MR) is 67.3 cm³/mol. The molecule has 0 aromatic heterocycles. The standard InChI is InChI=1S/C13H20FNO3/c1-17-10-7-15(6-9-16)8-11-18-13-4-2-12(14)3-5-13/h2-5,16H,6-11H2,1H3. The molecule has 102 valence electrons. The first-order valence-corrected chi connectivity index (χ1v) is 5.96. The summed E-state index contributed by atoms with van der Waals surface area (Å²) in [5.74, 6) is 0.372. The molecule has 0 amide bonds. The average Bonchev–Trinajstić information content (AvgIpc) is 2.38. The topological polar surface area (TPSA) is 41.9 Å². The smallest absolute Gasteiger partial charge is 0.123 e. The molecule has 1 N–H and O–H groups in total. The number of rotatable bonds is 9. The summed E-state index contributed by atoms with van der Waals surface area (Å²) in [5.41, 5.74) is 0. The maximum atomic E-state index is 12.7. The highest BCUT2D eigenvalue weighted by atomic mass is 19.1. The van der Waals surface area contributed by atoms with Gasteiger partial charge < -0.3 is 14.6 Å². The Labute approximate surface area is 107 Å². The Balaban J connectivity index is 2.26. The number of benzene rings is 1. The van der Waals surface area contributed by atoms with E-state index in [4.69, 9.17) is 14.6 Å². The number of methoxy groups -OCH3 is 1. The molecule has 0 saturated carbocycles. The van der Waals surface area contributed by atoms with Gasteiger partial charge in [-0.3, -0.25) is 4.90 Å². The fraction of sp³-hybridized carbons (Fsp3) is 0.538. The lowest BCUT2D eigenvalue weighted by Crippen LogP contribution is -2.33. The van der Waals surface area contributed by atoms with E-state index >= 15 is 0 Å². The molecule has 4 nitrogen and oxygen atoms in total. The molecule has 0 atom stereocenters. The number of halogens is 1. The Hall–Kier alpha value is -1.17. The van der Waals surface area contributed by atoms with E-state index in [1.165, 1.54) is 12.1 Å². The molecular formula is C13H20FNO3. The van der Waals surface area contributed by atoms with Crippen molar-refractivity contribution in [3.05, 3.63) is 30.1 Å². The summed E-state index contributed by atoms with van der Waals surface area (Å²) >= 11 is 0. The Kier molecular flexibility index (Phi) is 7.32. The zero-order valence-electron chi connectivity index (χ0n) is 10.6. The van der Waals surface area contributed by atoms with Crippen molar-refractivity contribution in [2.24, 2.45) is 0 Å². The molecule has 0 aliphatic rings. The molecule has 5 heteroatoms. The molecule has 1 rings (SSSR count). The van der Waals surface area contributed by atoms with E-state index < -0.39 is 0 Å². The zero-order valence-corrected chi connectivity index (χ0v) is 10.6. The van der Waals surface area contributed by atoms with Gasteiger partial charge in [0.25, 0.3) is 0 Å². The summed E-state index contributed by atoms with van der Waals surface area (Å²) in [5, 5.41) is 8.92. The molecule has 0 radical (unpaired) electrons. The molecule has 0 spiro atoms. The van der Waals surface area contributed by atoms with Crippen LogP contribution in [0.15, 0.2) is 24.3 Å². The lowest BCUT2D eigenvalue weighted by atomic mass is 10.3. The number of nitrogens with zero attached hydrogens (tertiary/aromatic N) is 1. The van der Waals surface area contributed by atoms with Gasteiger partial charge in [0, 0.05) is 26.7 Å². The number of hydrogen-bond acceptors (Lipinski definition) is 4. The van der Waals surface area contributed by atoms with Crippen molar-refractivity contribution >= 4 is 0 Å². The second kappa shape index (κ2) is 8.85. The van der Waals surface area contributed by atoms with Crippen LogP contribution in [0.3, 0.4) is 0 Å². The van der Waals surface area contributed by atoms with E-state index in [9.17, 15) is 4.39 Å². The first-order chi connectivity index (χ1) is 8.76. The van der Waals surface area contributed by atoms with E-state index in [2.05, 4.69) is 0 Å². The molecule has 1 aromatic carbocycles. The minimum absolute atomic E-state index is 0.111. The highest BCUT2D eigenvalue weighted by Crippen LogP contribution is 2.10. The Morgan fingerprint density at radius 2 is 1.78 bits per heavy atom. The Morgan fingerprint density at radius 3 is 2.39 bits per heavy atom. The van der Waals surface area contributed by atoms with E-state index in [1.54, 1.807) is 19.2 Å². The predicted octanol–water partition coefficient (Wildman–Crippen LogP) is 1.15. The van der Waals surface area contributed by atoms with Crippen molar-refractivity contribution in [2.75, 3.05) is 46.6 Å². The van der Waals surface area contributed by atoms with Gasteiger partial charge in [-0.05, 0) is 24.3 Å². The number of ether oxygens (including phenoxy) is 2. The summed E-state index contributed by atoms with van der Waals surface area (Å²) in [7, 11) is 1.64. The zero-order chi connectivity index (χ0) is 13.2. The van der Waals surface area contributed by atoms with Crippen molar-refractivity contribution in [3.63, 3.8) is 0 Å². The summed E-state index contributed by atoms with van der Waals surface area (Å²) < 4.78 is 23.1. The summed E-state index contributed by atoms with van der Waals surface area (Å²) in [6.45, 7) is 3.27.